The number of ether oxygens (including phenoxy) is 1. The van der Waals surface area contributed by atoms with Crippen molar-refractivity contribution in [1.82, 2.24) is 5.32 Å². The molecule has 2 rings (SSSR count). The normalized spacial score (nSPS) is 17.5. The van der Waals surface area contributed by atoms with Crippen LogP contribution >= 0.6 is 0 Å². The summed E-state index contributed by atoms with van der Waals surface area (Å²) >= 11 is 0. The first-order chi connectivity index (χ1) is 7.31. The molecule has 0 heterocycles. The van der Waals surface area contributed by atoms with Gasteiger partial charge >= 0.3 is 0 Å². The lowest BCUT2D eigenvalue weighted by Crippen LogP contribution is -2.28. The van der Waals surface area contributed by atoms with Crippen molar-refractivity contribution in [1.29, 1.82) is 0 Å². The van der Waals surface area contributed by atoms with E-state index in [1.165, 1.54) is 12.8 Å². The fourth-order valence-corrected chi connectivity index (χ4v) is 1.66. The third kappa shape index (κ3) is 2.70. The van der Waals surface area contributed by atoms with Crippen LogP contribution in [0.3, 0.4) is 0 Å². The average Bonchev–Trinajstić information content (AvgIpc) is 3.09. The van der Waals surface area contributed by atoms with Crippen molar-refractivity contribution in [3.05, 3.63) is 29.8 Å². The second kappa shape index (κ2) is 4.64. The molecule has 1 saturated carbocycles. The summed E-state index contributed by atoms with van der Waals surface area (Å²) in [6.45, 7) is 0.824. The van der Waals surface area contributed by atoms with Crippen LogP contribution in [0.4, 0.5) is 0 Å². The van der Waals surface area contributed by atoms with E-state index in [2.05, 4.69) is 5.32 Å². The predicted molar refractivity (Wildman–Crippen MR) is 60.9 cm³/mol. The van der Waals surface area contributed by atoms with Gasteiger partial charge in [-0.1, -0.05) is 18.2 Å². The monoisotopic (exact) mass is 206 g/mol. The van der Waals surface area contributed by atoms with E-state index in [9.17, 15) is 0 Å². The lowest BCUT2D eigenvalue weighted by Gasteiger charge is -2.15. The second-order valence-corrected chi connectivity index (χ2v) is 4.03. The van der Waals surface area contributed by atoms with Gasteiger partial charge in [-0.05, 0) is 18.9 Å². The fraction of sp³-hybridized carbons (Fsp3) is 0.500. The molecule has 0 aliphatic heterocycles. The van der Waals surface area contributed by atoms with E-state index in [-0.39, 0.29) is 6.04 Å². The van der Waals surface area contributed by atoms with Crippen LogP contribution in [-0.4, -0.2) is 19.7 Å². The molecular formula is C12H18N2O. The fourth-order valence-electron chi connectivity index (χ4n) is 1.66. The average molecular weight is 206 g/mol. The molecule has 0 amide bonds. The van der Waals surface area contributed by atoms with Gasteiger partial charge in [0.25, 0.3) is 0 Å². The molecule has 3 N–H and O–H groups in total. The smallest absolute Gasteiger partial charge is 0.123 e. The number of hydrogen-bond donors (Lipinski definition) is 2. The minimum Gasteiger partial charge on any atom is -0.496 e. The van der Waals surface area contributed by atoms with Crippen LogP contribution in [0, 0.1) is 0 Å². The molecule has 3 nitrogen and oxygen atoms in total. The predicted octanol–water partition coefficient (Wildman–Crippen LogP) is 1.45. The highest BCUT2D eigenvalue weighted by Crippen LogP contribution is 2.24. The minimum absolute atomic E-state index is 0.0155. The quantitative estimate of drug-likeness (QED) is 0.766. The van der Waals surface area contributed by atoms with Crippen molar-refractivity contribution in [3.8, 4) is 5.75 Å². The SMILES string of the molecule is COc1ccccc1C(N)CNC1CC1. The molecule has 0 aromatic heterocycles. The highest BCUT2D eigenvalue weighted by Gasteiger charge is 2.21. The maximum absolute atomic E-state index is 6.10. The summed E-state index contributed by atoms with van der Waals surface area (Å²) < 4.78 is 5.28. The lowest BCUT2D eigenvalue weighted by molar-refractivity contribution is 0.404. The van der Waals surface area contributed by atoms with Crippen molar-refractivity contribution >= 4 is 0 Å². The van der Waals surface area contributed by atoms with Crippen LogP contribution in [0.1, 0.15) is 24.4 Å². The number of nitrogens with one attached hydrogen (secondary N) is 1. The molecule has 1 aliphatic carbocycles. The molecule has 3 heteroatoms. The van der Waals surface area contributed by atoms with E-state index >= 15 is 0 Å². The number of rotatable bonds is 5. The van der Waals surface area contributed by atoms with E-state index in [0.29, 0.717) is 6.04 Å². The zero-order chi connectivity index (χ0) is 10.7. The largest absolute Gasteiger partial charge is 0.496 e. The Balaban J connectivity index is 1.98. The number of para-hydroxylation sites is 1. The van der Waals surface area contributed by atoms with Crippen LogP contribution in [0.5, 0.6) is 5.75 Å². The molecule has 1 fully saturated rings. The highest BCUT2D eigenvalue weighted by atomic mass is 16.5. The molecule has 0 saturated heterocycles. The molecule has 1 aromatic rings. The molecule has 82 valence electrons. The van der Waals surface area contributed by atoms with Gasteiger partial charge in [0, 0.05) is 24.2 Å². The van der Waals surface area contributed by atoms with Gasteiger partial charge in [0.15, 0.2) is 0 Å². The highest BCUT2D eigenvalue weighted by molar-refractivity contribution is 5.35. The maximum Gasteiger partial charge on any atom is 0.123 e. The summed E-state index contributed by atoms with van der Waals surface area (Å²) in [6, 6.07) is 8.65. The molecule has 1 atom stereocenters. The zero-order valence-electron chi connectivity index (χ0n) is 9.07. The molecule has 0 radical (unpaired) electrons. The Hall–Kier alpha value is -1.06. The van der Waals surface area contributed by atoms with Crippen molar-refractivity contribution in [2.24, 2.45) is 5.73 Å². The maximum atomic E-state index is 6.10. The third-order valence-corrected chi connectivity index (χ3v) is 2.74. The van der Waals surface area contributed by atoms with Crippen LogP contribution in [-0.2, 0) is 0 Å². The Morgan fingerprint density at radius 3 is 2.87 bits per heavy atom. The van der Waals surface area contributed by atoms with Gasteiger partial charge in [-0.25, -0.2) is 0 Å². The molecule has 15 heavy (non-hydrogen) atoms. The van der Waals surface area contributed by atoms with Gasteiger partial charge in [0.05, 0.1) is 7.11 Å². The van der Waals surface area contributed by atoms with E-state index in [0.717, 1.165) is 17.9 Å². The Labute approximate surface area is 90.6 Å². The minimum atomic E-state index is 0.0155. The Bertz CT molecular complexity index is 323. The van der Waals surface area contributed by atoms with E-state index < -0.39 is 0 Å². The van der Waals surface area contributed by atoms with Crippen LogP contribution in [0.25, 0.3) is 0 Å². The summed E-state index contributed by atoms with van der Waals surface area (Å²) in [5, 5.41) is 3.43. The van der Waals surface area contributed by atoms with Gasteiger partial charge < -0.3 is 15.8 Å². The molecular weight excluding hydrogens is 188 g/mol. The number of methoxy groups -OCH3 is 1. The van der Waals surface area contributed by atoms with Gasteiger partial charge in [-0.3, -0.25) is 0 Å². The Kier molecular flexibility index (Phi) is 3.23. The standard InChI is InChI=1S/C12H18N2O/c1-15-12-5-3-2-4-10(12)11(13)8-14-9-6-7-9/h2-5,9,11,14H,6-8,13H2,1H3. The van der Waals surface area contributed by atoms with Gasteiger partial charge in [0.1, 0.15) is 5.75 Å². The van der Waals surface area contributed by atoms with Crippen LogP contribution in [0.15, 0.2) is 24.3 Å². The lowest BCUT2D eigenvalue weighted by atomic mass is 10.1. The first-order valence-corrected chi connectivity index (χ1v) is 5.43. The third-order valence-electron chi connectivity index (χ3n) is 2.74. The molecule has 0 bridgehead atoms. The summed E-state index contributed by atoms with van der Waals surface area (Å²) in [6.07, 6.45) is 2.58. The number of nitrogens with two attached hydrogens (primary N) is 1. The van der Waals surface area contributed by atoms with Gasteiger partial charge in [-0.15, -0.1) is 0 Å². The Morgan fingerprint density at radius 1 is 1.47 bits per heavy atom. The Morgan fingerprint density at radius 2 is 2.20 bits per heavy atom. The molecule has 0 spiro atoms. The molecule has 1 unspecified atom stereocenters. The molecule has 1 aromatic carbocycles. The van der Waals surface area contributed by atoms with Crippen LogP contribution < -0.4 is 15.8 Å². The van der Waals surface area contributed by atoms with Crippen LogP contribution in [0.2, 0.25) is 0 Å². The van der Waals surface area contributed by atoms with Gasteiger partial charge in [0.2, 0.25) is 0 Å². The summed E-state index contributed by atoms with van der Waals surface area (Å²) in [5.41, 5.74) is 7.18. The van der Waals surface area contributed by atoms with Gasteiger partial charge in [-0.2, -0.15) is 0 Å². The first-order valence-electron chi connectivity index (χ1n) is 5.43. The van der Waals surface area contributed by atoms with Crippen molar-refractivity contribution in [2.75, 3.05) is 13.7 Å². The second-order valence-electron chi connectivity index (χ2n) is 4.03. The topological polar surface area (TPSA) is 47.3 Å². The van der Waals surface area contributed by atoms with E-state index in [4.69, 9.17) is 10.5 Å². The summed E-state index contributed by atoms with van der Waals surface area (Å²) in [7, 11) is 1.68. The van der Waals surface area contributed by atoms with E-state index in [1.807, 2.05) is 24.3 Å². The summed E-state index contributed by atoms with van der Waals surface area (Å²) in [5.74, 6) is 0.877. The first kappa shape index (κ1) is 10.5. The summed E-state index contributed by atoms with van der Waals surface area (Å²) in [4.78, 5) is 0. The van der Waals surface area contributed by atoms with Crippen molar-refractivity contribution < 1.29 is 4.74 Å². The zero-order valence-corrected chi connectivity index (χ0v) is 9.07. The van der Waals surface area contributed by atoms with Crippen molar-refractivity contribution in [3.63, 3.8) is 0 Å². The number of hydrogen-bond acceptors (Lipinski definition) is 3. The van der Waals surface area contributed by atoms with Crippen molar-refractivity contribution in [2.45, 2.75) is 24.9 Å². The molecule has 1 aliphatic rings. The van der Waals surface area contributed by atoms with E-state index in [1.54, 1.807) is 7.11 Å². The number of benzene rings is 1.